The van der Waals surface area contributed by atoms with Crippen LogP contribution < -0.4 is 14.1 Å². The van der Waals surface area contributed by atoms with Crippen LogP contribution in [0.5, 0.6) is 0 Å². The number of fused-ring (bicyclic) bond motifs is 6. The Kier molecular flexibility index (Phi) is 10.7. The molecule has 0 bridgehead atoms. The van der Waals surface area contributed by atoms with E-state index >= 15 is 0 Å². The Bertz CT molecular complexity index is 4250. The second-order valence-corrected chi connectivity index (χ2v) is 18.9. The molecule has 0 unspecified atom stereocenters. The van der Waals surface area contributed by atoms with E-state index in [4.69, 9.17) is 4.98 Å². The minimum atomic E-state index is 0.865. The molecule has 14 rings (SSSR count). The third kappa shape index (κ3) is 7.54. The second-order valence-electron chi connectivity index (χ2n) is 18.9. The Morgan fingerprint density at radius 2 is 0.893 bits per heavy atom. The largest absolute Gasteiger partial charge is 0.503 e. The van der Waals surface area contributed by atoms with Gasteiger partial charge in [-0.25, -0.2) is 4.98 Å². The highest BCUT2D eigenvalue weighted by atomic mass is 15.2. The fourth-order valence-electron chi connectivity index (χ4n) is 11.2. The Balaban J connectivity index is 1.06. The quantitative estimate of drug-likeness (QED) is 0.128. The van der Waals surface area contributed by atoms with Crippen LogP contribution in [0.25, 0.3) is 82.9 Å². The molecule has 350 valence electrons. The highest BCUT2D eigenvalue weighted by Crippen LogP contribution is 2.50. The first-order valence-electron chi connectivity index (χ1n) is 25.5. The summed E-state index contributed by atoms with van der Waals surface area (Å²) in [4.78, 5) is 7.38. The number of hydrogen-bond donors (Lipinski definition) is 0. The molecule has 0 radical (unpaired) electrons. The van der Waals surface area contributed by atoms with Crippen molar-refractivity contribution in [1.82, 2.24) is 18.7 Å². The Morgan fingerprint density at radius 1 is 0.360 bits per heavy atom. The number of rotatable bonds is 10. The molecule has 0 spiro atoms. The number of nitrogens with zero attached hydrogens (tertiary/aromatic N) is 5. The van der Waals surface area contributed by atoms with Gasteiger partial charge in [-0.15, -0.1) is 0 Å². The van der Waals surface area contributed by atoms with Crippen LogP contribution in [-0.4, -0.2) is 15.6 Å². The van der Waals surface area contributed by atoms with Crippen LogP contribution in [-0.2, 0) is 0 Å². The Morgan fingerprint density at radius 3 is 1.53 bits per heavy atom. The van der Waals surface area contributed by atoms with Crippen LogP contribution in [0.1, 0.15) is 0 Å². The molecule has 0 atom stereocenters. The summed E-state index contributed by atoms with van der Waals surface area (Å²) >= 11 is 0. The molecule has 0 aliphatic carbocycles. The maximum absolute atomic E-state index is 4.92. The van der Waals surface area contributed by atoms with E-state index in [0.29, 0.717) is 0 Å². The first-order valence-corrected chi connectivity index (χ1v) is 25.5. The average Bonchev–Trinajstić information content (AvgIpc) is 4.05. The average molecular weight is 958 g/mol. The smallest absolute Gasteiger partial charge is 0.309 e. The van der Waals surface area contributed by atoms with Gasteiger partial charge in [-0.3, -0.25) is 4.57 Å². The SMILES string of the molecule is C1=[N+](c2cccc(N(c3ccc4c5ccccc5n(-c5ccccn5)c4c3)c3c(-c4ccccc4)cccc3-c3ccccc3)c2)c2ccc3ccccc3c2[N+]=1c1c(-c2ccccc2)cccc1-c1ccccc1. The molecule has 11 aromatic carbocycles. The fourth-order valence-corrected chi connectivity index (χ4v) is 11.2. The first-order chi connectivity index (χ1) is 37.2. The van der Waals surface area contributed by atoms with E-state index in [9.17, 15) is 0 Å². The van der Waals surface area contributed by atoms with Gasteiger partial charge in [0, 0.05) is 52.0 Å². The number of aromatic nitrogens is 2. The van der Waals surface area contributed by atoms with Crippen molar-refractivity contribution in [1.29, 1.82) is 0 Å². The van der Waals surface area contributed by atoms with Gasteiger partial charge in [-0.05, 0) is 97.5 Å². The summed E-state index contributed by atoms with van der Waals surface area (Å²) in [5, 5.41) is 4.63. The molecule has 5 heteroatoms. The summed E-state index contributed by atoms with van der Waals surface area (Å²) in [5.41, 5.74) is 18.4. The van der Waals surface area contributed by atoms with E-state index in [0.717, 1.165) is 117 Å². The number of para-hydroxylation sites is 3. The standard InChI is InChI=1S/C70H47N5/c1-5-22-49(23-6-1)57-35-20-36-58(50-24-7-2-8-25-50)68(57)73-48-72(65-44-41-53-30-13-14-33-61(53)70(65)73)54-31-19-32-55(46-54)74(69-59(51-26-9-3-10-27-51)37-21-38-60(69)52-28-11-4-12-29-52)56-42-43-63-62-34-15-16-39-64(62)75(66(63)47-56)67-40-17-18-45-71-67/h1-47H/q+2. The number of anilines is 3. The monoisotopic (exact) mass is 957 g/mol. The predicted octanol–water partition coefficient (Wildman–Crippen LogP) is 18.3. The van der Waals surface area contributed by atoms with Crippen LogP contribution in [0.15, 0.2) is 285 Å². The van der Waals surface area contributed by atoms with Crippen molar-refractivity contribution in [2.24, 2.45) is 0 Å². The zero-order chi connectivity index (χ0) is 49.7. The highest BCUT2D eigenvalue weighted by Gasteiger charge is 2.41. The van der Waals surface area contributed by atoms with Crippen LogP contribution in [0.3, 0.4) is 0 Å². The van der Waals surface area contributed by atoms with E-state index < -0.39 is 0 Å². The summed E-state index contributed by atoms with van der Waals surface area (Å²) in [7, 11) is 0. The summed E-state index contributed by atoms with van der Waals surface area (Å²) in [5.74, 6) is 0.865. The first kappa shape index (κ1) is 43.6. The lowest BCUT2D eigenvalue weighted by molar-refractivity contribution is 1.08. The molecular formula is C70H47N5+2. The molecule has 0 amide bonds. The summed E-state index contributed by atoms with van der Waals surface area (Å²) < 4.78 is 6.86. The molecule has 3 heterocycles. The van der Waals surface area contributed by atoms with Gasteiger partial charge in [0.15, 0.2) is 0 Å². The third-order valence-electron chi connectivity index (χ3n) is 14.5. The van der Waals surface area contributed by atoms with Crippen molar-refractivity contribution in [3.05, 3.63) is 285 Å². The molecule has 75 heavy (non-hydrogen) atoms. The van der Waals surface area contributed by atoms with Gasteiger partial charge in [0.2, 0.25) is 11.4 Å². The van der Waals surface area contributed by atoms with E-state index in [2.05, 4.69) is 298 Å². The molecule has 0 N–H and O–H groups in total. The van der Waals surface area contributed by atoms with Gasteiger partial charge < -0.3 is 4.90 Å². The van der Waals surface area contributed by atoms with E-state index in [1.165, 1.54) is 5.39 Å². The van der Waals surface area contributed by atoms with Gasteiger partial charge in [0.05, 0.1) is 38.9 Å². The maximum atomic E-state index is 4.92. The molecule has 0 saturated carbocycles. The summed E-state index contributed by atoms with van der Waals surface area (Å²) in [6.45, 7) is 0. The van der Waals surface area contributed by atoms with E-state index in [1.807, 2.05) is 12.3 Å². The van der Waals surface area contributed by atoms with Gasteiger partial charge in [0.1, 0.15) is 5.82 Å². The highest BCUT2D eigenvalue weighted by molar-refractivity contribution is 6.11. The Hall–Kier alpha value is -10.2. The van der Waals surface area contributed by atoms with Crippen molar-refractivity contribution in [3.8, 4) is 50.3 Å². The minimum absolute atomic E-state index is 0.865. The molecular weight excluding hydrogens is 911 g/mol. The number of pyridine rings is 1. The summed E-state index contributed by atoms with van der Waals surface area (Å²) in [6.07, 6.45) is 1.87. The number of hydrogen-bond acceptors (Lipinski definition) is 2. The second kappa shape index (κ2) is 18.4. The van der Waals surface area contributed by atoms with Crippen molar-refractivity contribution in [2.75, 3.05) is 4.90 Å². The zero-order valence-electron chi connectivity index (χ0n) is 40.9. The molecule has 0 saturated heterocycles. The topological polar surface area (TPSA) is 27.1 Å². The minimum Gasteiger partial charge on any atom is -0.309 e. The molecule has 0 fully saturated rings. The van der Waals surface area contributed by atoms with Crippen LogP contribution in [0, 0.1) is 0 Å². The van der Waals surface area contributed by atoms with Crippen LogP contribution in [0.4, 0.5) is 39.8 Å². The maximum Gasteiger partial charge on any atom is 0.503 e. The lowest BCUT2D eigenvalue weighted by Gasteiger charge is -2.30. The van der Waals surface area contributed by atoms with Gasteiger partial charge in [0.25, 0.3) is 5.69 Å². The van der Waals surface area contributed by atoms with Crippen LogP contribution >= 0.6 is 0 Å². The lowest BCUT2D eigenvalue weighted by atomic mass is 9.94. The fraction of sp³-hybridized carbons (Fsp3) is 0. The molecule has 13 aromatic rings. The van der Waals surface area contributed by atoms with Gasteiger partial charge in [-0.1, -0.05) is 200 Å². The van der Waals surface area contributed by atoms with Gasteiger partial charge >= 0.3 is 11.7 Å². The van der Waals surface area contributed by atoms with E-state index in [-0.39, 0.29) is 0 Å². The van der Waals surface area contributed by atoms with Crippen molar-refractivity contribution in [3.63, 3.8) is 0 Å². The predicted molar refractivity (Wildman–Crippen MR) is 313 cm³/mol. The van der Waals surface area contributed by atoms with Crippen molar-refractivity contribution < 1.29 is 0 Å². The van der Waals surface area contributed by atoms with Crippen molar-refractivity contribution >= 4 is 78.4 Å². The van der Waals surface area contributed by atoms with E-state index in [1.54, 1.807) is 0 Å². The molecule has 5 nitrogen and oxygen atoms in total. The Labute approximate surface area is 435 Å². The molecule has 2 aromatic heterocycles. The lowest BCUT2D eigenvalue weighted by Crippen LogP contribution is -2.13. The third-order valence-corrected chi connectivity index (χ3v) is 14.5. The zero-order valence-corrected chi connectivity index (χ0v) is 40.9. The van der Waals surface area contributed by atoms with Crippen molar-refractivity contribution in [2.45, 2.75) is 0 Å². The summed E-state index contributed by atoms with van der Waals surface area (Å²) in [6, 6.07) is 104. The van der Waals surface area contributed by atoms with Crippen LogP contribution in [0.2, 0.25) is 0 Å². The normalized spacial score (nSPS) is 11.9. The molecule has 1 aliphatic rings. The number of benzene rings is 11. The van der Waals surface area contributed by atoms with Gasteiger partial charge in [-0.2, -0.15) is 0 Å². The molecule has 1 aliphatic heterocycles.